The standard InChI is InChI=1S/C25H32N4O2S/c1-31-21-10-5-11-22(17-21)32-24-13-12-23(27-28-24)29-16-6-9-20(18-29)25(30)26-15-14-19-7-3-2-4-8-19/h5,7,10-13,17,20H,2-4,6,8-9,14-16,18H2,1H3,(H,26,30)/t20-/m1/s1. The predicted octanol–water partition coefficient (Wildman–Crippen LogP) is 4.86. The Kier molecular flexibility index (Phi) is 8.04. The molecule has 1 atom stereocenters. The molecule has 1 aromatic carbocycles. The van der Waals surface area contributed by atoms with Crippen LogP contribution in [0, 0.1) is 5.92 Å². The van der Waals surface area contributed by atoms with Crippen molar-refractivity contribution in [3.63, 3.8) is 0 Å². The van der Waals surface area contributed by atoms with Gasteiger partial charge in [-0.3, -0.25) is 4.79 Å². The van der Waals surface area contributed by atoms with Crippen molar-refractivity contribution in [1.82, 2.24) is 15.5 Å². The number of ether oxygens (including phenoxy) is 1. The van der Waals surface area contributed by atoms with Gasteiger partial charge in [-0.05, 0) is 75.3 Å². The van der Waals surface area contributed by atoms with E-state index in [1.807, 2.05) is 36.4 Å². The summed E-state index contributed by atoms with van der Waals surface area (Å²) in [5.41, 5.74) is 1.50. The minimum absolute atomic E-state index is 0.0109. The lowest BCUT2D eigenvalue weighted by atomic mass is 9.96. The zero-order valence-electron chi connectivity index (χ0n) is 18.8. The maximum absolute atomic E-state index is 12.7. The predicted molar refractivity (Wildman–Crippen MR) is 128 cm³/mol. The number of nitrogens with zero attached hydrogens (tertiary/aromatic N) is 3. The molecular formula is C25H32N4O2S. The number of methoxy groups -OCH3 is 1. The minimum atomic E-state index is 0.0109. The summed E-state index contributed by atoms with van der Waals surface area (Å²) in [4.78, 5) is 16.0. The monoisotopic (exact) mass is 452 g/mol. The molecular weight excluding hydrogens is 420 g/mol. The van der Waals surface area contributed by atoms with Gasteiger partial charge in [-0.15, -0.1) is 10.2 Å². The summed E-state index contributed by atoms with van der Waals surface area (Å²) in [6, 6.07) is 11.9. The van der Waals surface area contributed by atoms with Crippen LogP contribution in [0.5, 0.6) is 5.75 Å². The number of hydrogen-bond donors (Lipinski definition) is 1. The quantitative estimate of drug-likeness (QED) is 0.577. The minimum Gasteiger partial charge on any atom is -0.497 e. The van der Waals surface area contributed by atoms with Crippen molar-refractivity contribution in [2.24, 2.45) is 5.92 Å². The van der Waals surface area contributed by atoms with Crippen LogP contribution in [0.1, 0.15) is 44.9 Å². The summed E-state index contributed by atoms with van der Waals surface area (Å²) in [6.07, 6.45) is 10.2. The summed E-state index contributed by atoms with van der Waals surface area (Å²) in [5, 5.41) is 12.8. The van der Waals surface area contributed by atoms with Gasteiger partial charge in [0.2, 0.25) is 5.91 Å². The first-order chi connectivity index (χ1) is 15.7. The van der Waals surface area contributed by atoms with Crippen molar-refractivity contribution >= 4 is 23.5 Å². The number of benzene rings is 1. The molecule has 1 N–H and O–H groups in total. The Bertz CT molecular complexity index is 932. The molecule has 7 heteroatoms. The van der Waals surface area contributed by atoms with Crippen LogP contribution >= 0.6 is 11.8 Å². The molecule has 2 aliphatic rings. The molecule has 0 radical (unpaired) electrons. The molecule has 1 aliphatic heterocycles. The Labute approximate surface area is 194 Å². The number of anilines is 1. The van der Waals surface area contributed by atoms with Crippen molar-refractivity contribution in [3.8, 4) is 5.75 Å². The SMILES string of the molecule is COc1cccc(Sc2ccc(N3CCC[C@@H](C(=O)NCCC4=CCCCC4)C3)nn2)c1. The number of rotatable bonds is 8. The molecule has 1 amide bonds. The molecule has 170 valence electrons. The summed E-state index contributed by atoms with van der Waals surface area (Å²) < 4.78 is 5.28. The normalized spacial score (nSPS) is 18.7. The number of amides is 1. The van der Waals surface area contributed by atoms with E-state index in [4.69, 9.17) is 4.74 Å². The van der Waals surface area contributed by atoms with E-state index in [1.54, 1.807) is 18.9 Å². The first kappa shape index (κ1) is 22.6. The Morgan fingerprint density at radius 1 is 1.22 bits per heavy atom. The van der Waals surface area contributed by atoms with E-state index in [1.165, 1.54) is 31.3 Å². The molecule has 1 aliphatic carbocycles. The first-order valence-corrected chi connectivity index (χ1v) is 12.4. The zero-order valence-corrected chi connectivity index (χ0v) is 19.6. The summed E-state index contributed by atoms with van der Waals surface area (Å²) in [7, 11) is 1.67. The molecule has 6 nitrogen and oxygen atoms in total. The van der Waals surface area contributed by atoms with E-state index >= 15 is 0 Å². The highest BCUT2D eigenvalue weighted by molar-refractivity contribution is 7.99. The van der Waals surface area contributed by atoms with Gasteiger partial charge in [0, 0.05) is 24.5 Å². The van der Waals surface area contributed by atoms with E-state index < -0.39 is 0 Å². The van der Waals surface area contributed by atoms with Crippen LogP contribution in [0.3, 0.4) is 0 Å². The second-order valence-electron chi connectivity index (χ2n) is 8.45. The largest absolute Gasteiger partial charge is 0.497 e. The smallest absolute Gasteiger partial charge is 0.224 e. The van der Waals surface area contributed by atoms with Crippen LogP contribution in [-0.2, 0) is 4.79 Å². The van der Waals surface area contributed by atoms with Crippen molar-refractivity contribution in [2.75, 3.05) is 31.6 Å². The van der Waals surface area contributed by atoms with Crippen LogP contribution < -0.4 is 15.0 Å². The van der Waals surface area contributed by atoms with Crippen LogP contribution in [0.15, 0.2) is 58.0 Å². The average molecular weight is 453 g/mol. The number of carbonyl (C=O) groups is 1. The topological polar surface area (TPSA) is 67.3 Å². The number of piperidine rings is 1. The molecule has 0 unspecified atom stereocenters. The first-order valence-electron chi connectivity index (χ1n) is 11.6. The average Bonchev–Trinajstić information content (AvgIpc) is 2.85. The van der Waals surface area contributed by atoms with Gasteiger partial charge in [0.1, 0.15) is 10.8 Å². The van der Waals surface area contributed by atoms with Gasteiger partial charge in [-0.1, -0.05) is 29.5 Å². The van der Waals surface area contributed by atoms with Crippen molar-refractivity contribution in [1.29, 1.82) is 0 Å². The van der Waals surface area contributed by atoms with Crippen LogP contribution in [0.4, 0.5) is 5.82 Å². The molecule has 0 spiro atoms. The van der Waals surface area contributed by atoms with E-state index in [2.05, 4.69) is 26.5 Å². The maximum Gasteiger partial charge on any atom is 0.224 e. The zero-order chi connectivity index (χ0) is 22.2. The van der Waals surface area contributed by atoms with Crippen molar-refractivity contribution in [2.45, 2.75) is 54.9 Å². The van der Waals surface area contributed by atoms with Crippen LogP contribution in [0.25, 0.3) is 0 Å². The molecule has 4 rings (SSSR count). The van der Waals surface area contributed by atoms with Gasteiger partial charge in [0.15, 0.2) is 5.82 Å². The lowest BCUT2D eigenvalue weighted by molar-refractivity contribution is -0.125. The van der Waals surface area contributed by atoms with Gasteiger partial charge >= 0.3 is 0 Å². The third kappa shape index (κ3) is 6.25. The highest BCUT2D eigenvalue weighted by Crippen LogP contribution is 2.29. The lowest BCUT2D eigenvalue weighted by Crippen LogP contribution is -2.43. The molecule has 32 heavy (non-hydrogen) atoms. The van der Waals surface area contributed by atoms with E-state index in [0.29, 0.717) is 6.54 Å². The second-order valence-corrected chi connectivity index (χ2v) is 9.54. The van der Waals surface area contributed by atoms with Crippen LogP contribution in [-0.4, -0.2) is 42.8 Å². The third-order valence-corrected chi connectivity index (χ3v) is 7.05. The molecule has 2 aromatic rings. The van der Waals surface area contributed by atoms with Crippen molar-refractivity contribution in [3.05, 3.63) is 48.0 Å². The number of hydrogen-bond acceptors (Lipinski definition) is 6. The Morgan fingerprint density at radius 2 is 2.16 bits per heavy atom. The van der Waals surface area contributed by atoms with Gasteiger partial charge < -0.3 is 15.0 Å². The summed E-state index contributed by atoms with van der Waals surface area (Å²) in [5.74, 6) is 1.85. The van der Waals surface area contributed by atoms with Gasteiger partial charge in [0.25, 0.3) is 0 Å². The van der Waals surface area contributed by atoms with Crippen LogP contribution in [0.2, 0.25) is 0 Å². The Balaban J connectivity index is 1.28. The highest BCUT2D eigenvalue weighted by Gasteiger charge is 2.26. The molecule has 2 heterocycles. The summed E-state index contributed by atoms with van der Waals surface area (Å²) >= 11 is 1.56. The number of carbonyl (C=O) groups excluding carboxylic acids is 1. The number of aromatic nitrogens is 2. The molecule has 1 saturated heterocycles. The fraction of sp³-hybridized carbons (Fsp3) is 0.480. The second kappa shape index (κ2) is 11.4. The Morgan fingerprint density at radius 3 is 2.94 bits per heavy atom. The van der Waals surface area contributed by atoms with E-state index in [9.17, 15) is 4.79 Å². The van der Waals surface area contributed by atoms with Gasteiger partial charge in [-0.2, -0.15) is 0 Å². The van der Waals surface area contributed by atoms with Crippen molar-refractivity contribution < 1.29 is 9.53 Å². The summed E-state index contributed by atoms with van der Waals surface area (Å²) in [6.45, 7) is 2.36. The third-order valence-electron chi connectivity index (χ3n) is 6.14. The van der Waals surface area contributed by atoms with E-state index in [-0.39, 0.29) is 11.8 Å². The molecule has 1 fully saturated rings. The number of allylic oxidation sites excluding steroid dienone is 1. The Hall–Kier alpha value is -2.54. The van der Waals surface area contributed by atoms with Gasteiger partial charge in [0.05, 0.1) is 13.0 Å². The highest BCUT2D eigenvalue weighted by atomic mass is 32.2. The lowest BCUT2D eigenvalue weighted by Gasteiger charge is -2.32. The fourth-order valence-corrected chi connectivity index (χ4v) is 5.12. The molecule has 1 aromatic heterocycles. The van der Waals surface area contributed by atoms with E-state index in [0.717, 1.165) is 53.8 Å². The molecule has 0 bridgehead atoms. The molecule has 0 saturated carbocycles. The number of nitrogens with one attached hydrogen (secondary N) is 1. The fourth-order valence-electron chi connectivity index (χ4n) is 4.34. The maximum atomic E-state index is 12.7. The van der Waals surface area contributed by atoms with Gasteiger partial charge in [-0.25, -0.2) is 0 Å².